The monoisotopic (exact) mass is 262 g/mol. The van der Waals surface area contributed by atoms with Crippen molar-refractivity contribution in [1.82, 2.24) is 10.2 Å². The Bertz CT molecular complexity index is 222. The molecule has 2 aliphatic rings. The predicted octanol–water partition coefficient (Wildman–Crippen LogP) is 1.80. The quantitative estimate of drug-likeness (QED) is 0.529. The molecule has 0 aromatic carbocycles. The first-order valence-electron chi connectivity index (χ1n) is 3.80. The van der Waals surface area contributed by atoms with E-state index in [4.69, 9.17) is 0 Å². The van der Waals surface area contributed by atoms with E-state index < -0.39 is 0 Å². The minimum Gasteiger partial charge on any atom is -0.366 e. The van der Waals surface area contributed by atoms with Crippen LogP contribution in [-0.2, 0) is 0 Å². The average molecular weight is 262 g/mol. The first-order valence-corrected chi connectivity index (χ1v) is 5.05. The van der Waals surface area contributed by atoms with Crippen LogP contribution in [0.5, 0.6) is 0 Å². The standard InChI is InChI=1S/C8H11IN2/c1-6-5-11-4-2-3-7(9)8(11)10-6/h2,4-5,7-8,10H,3H2,1H3. The second-order valence-corrected chi connectivity index (χ2v) is 4.58. The van der Waals surface area contributed by atoms with Crippen LogP contribution in [0.3, 0.4) is 0 Å². The lowest BCUT2D eigenvalue weighted by Crippen LogP contribution is -2.42. The molecular weight excluding hydrogens is 251 g/mol. The Labute approximate surface area is 80.5 Å². The number of nitrogens with one attached hydrogen (secondary N) is 1. The highest BCUT2D eigenvalue weighted by Gasteiger charge is 2.28. The van der Waals surface area contributed by atoms with Gasteiger partial charge in [-0.15, -0.1) is 0 Å². The van der Waals surface area contributed by atoms with E-state index in [-0.39, 0.29) is 0 Å². The van der Waals surface area contributed by atoms with E-state index in [9.17, 15) is 0 Å². The molecule has 0 fully saturated rings. The maximum absolute atomic E-state index is 3.43. The van der Waals surface area contributed by atoms with Crippen LogP contribution in [0.25, 0.3) is 0 Å². The van der Waals surface area contributed by atoms with E-state index in [1.807, 2.05) is 0 Å². The molecule has 0 aromatic rings. The van der Waals surface area contributed by atoms with Crippen molar-refractivity contribution in [3.8, 4) is 0 Å². The highest BCUT2D eigenvalue weighted by molar-refractivity contribution is 14.1. The molecule has 0 aliphatic carbocycles. The van der Waals surface area contributed by atoms with Crippen molar-refractivity contribution in [3.63, 3.8) is 0 Å². The van der Waals surface area contributed by atoms with Gasteiger partial charge in [0.05, 0.1) is 3.92 Å². The number of hydrogen-bond acceptors (Lipinski definition) is 2. The fraction of sp³-hybridized carbons (Fsp3) is 0.500. The van der Waals surface area contributed by atoms with Gasteiger partial charge < -0.3 is 10.2 Å². The van der Waals surface area contributed by atoms with Crippen molar-refractivity contribution in [2.24, 2.45) is 0 Å². The Morgan fingerprint density at radius 2 is 2.55 bits per heavy atom. The van der Waals surface area contributed by atoms with Gasteiger partial charge in [-0.05, 0) is 13.3 Å². The van der Waals surface area contributed by atoms with E-state index in [0.29, 0.717) is 10.1 Å². The molecule has 2 heterocycles. The number of rotatable bonds is 0. The largest absolute Gasteiger partial charge is 0.366 e. The number of halogens is 1. The third kappa shape index (κ3) is 1.26. The summed E-state index contributed by atoms with van der Waals surface area (Å²) in [6.45, 7) is 2.11. The number of fused-ring (bicyclic) bond motifs is 1. The second-order valence-electron chi connectivity index (χ2n) is 2.98. The maximum atomic E-state index is 3.43. The Kier molecular flexibility index (Phi) is 1.83. The molecule has 60 valence electrons. The second kappa shape index (κ2) is 2.69. The minimum absolute atomic E-state index is 0.501. The number of hydrogen-bond donors (Lipinski definition) is 1. The number of allylic oxidation sites excluding steroid dienone is 2. The molecule has 2 atom stereocenters. The van der Waals surface area contributed by atoms with Gasteiger partial charge in [-0.2, -0.15) is 0 Å². The van der Waals surface area contributed by atoms with Gasteiger partial charge in [0.2, 0.25) is 0 Å². The SMILES string of the molecule is CC1=CN2C=CCC(I)C2N1. The molecule has 2 nitrogen and oxygen atoms in total. The Morgan fingerprint density at radius 1 is 1.73 bits per heavy atom. The summed E-state index contributed by atoms with van der Waals surface area (Å²) >= 11 is 2.50. The molecule has 0 amide bonds. The van der Waals surface area contributed by atoms with Crippen LogP contribution < -0.4 is 5.32 Å². The van der Waals surface area contributed by atoms with Crippen LogP contribution in [0.15, 0.2) is 24.2 Å². The smallest absolute Gasteiger partial charge is 0.115 e. The van der Waals surface area contributed by atoms with E-state index in [1.54, 1.807) is 0 Å². The van der Waals surface area contributed by atoms with Crippen LogP contribution >= 0.6 is 22.6 Å². The van der Waals surface area contributed by atoms with Crippen molar-refractivity contribution in [2.45, 2.75) is 23.4 Å². The van der Waals surface area contributed by atoms with Crippen LogP contribution in [0.1, 0.15) is 13.3 Å². The third-order valence-electron chi connectivity index (χ3n) is 2.02. The van der Waals surface area contributed by atoms with Crippen molar-refractivity contribution >= 4 is 22.6 Å². The Hall–Kier alpha value is -0.190. The molecule has 1 N–H and O–H groups in total. The minimum atomic E-state index is 0.501. The highest BCUT2D eigenvalue weighted by Crippen LogP contribution is 2.25. The molecule has 0 saturated heterocycles. The molecule has 2 unspecified atom stereocenters. The third-order valence-corrected chi connectivity index (χ3v) is 3.21. The summed E-state index contributed by atoms with van der Waals surface area (Å²) in [6.07, 6.45) is 8.22. The fourth-order valence-corrected chi connectivity index (χ4v) is 2.35. The predicted molar refractivity (Wildman–Crippen MR) is 54.1 cm³/mol. The average Bonchev–Trinajstić information content (AvgIpc) is 2.31. The van der Waals surface area contributed by atoms with Gasteiger partial charge in [0.1, 0.15) is 6.17 Å². The van der Waals surface area contributed by atoms with Crippen molar-refractivity contribution in [2.75, 3.05) is 0 Å². The van der Waals surface area contributed by atoms with Gasteiger partial charge in [-0.3, -0.25) is 0 Å². The number of alkyl halides is 1. The summed E-state index contributed by atoms with van der Waals surface area (Å²) in [4.78, 5) is 2.25. The summed E-state index contributed by atoms with van der Waals surface area (Å²) in [6, 6.07) is 0. The molecule has 0 aromatic heterocycles. The molecule has 0 saturated carbocycles. The molecule has 11 heavy (non-hydrogen) atoms. The van der Waals surface area contributed by atoms with E-state index in [0.717, 1.165) is 0 Å². The zero-order valence-corrected chi connectivity index (χ0v) is 8.58. The summed E-state index contributed by atoms with van der Waals surface area (Å²) in [5, 5.41) is 3.43. The zero-order chi connectivity index (χ0) is 7.84. The van der Waals surface area contributed by atoms with Crippen LogP contribution in [-0.4, -0.2) is 15.0 Å². The van der Waals surface area contributed by atoms with E-state index >= 15 is 0 Å². The molecular formula is C8H11IN2. The molecule has 2 rings (SSSR count). The molecule has 3 heteroatoms. The molecule has 0 spiro atoms. The van der Waals surface area contributed by atoms with Gasteiger partial charge in [0, 0.05) is 18.1 Å². The van der Waals surface area contributed by atoms with Crippen molar-refractivity contribution < 1.29 is 0 Å². The normalized spacial score (nSPS) is 34.7. The van der Waals surface area contributed by atoms with E-state index in [2.05, 4.69) is 58.2 Å². The first kappa shape index (κ1) is 7.46. The lowest BCUT2D eigenvalue weighted by atomic mass is 10.2. The highest BCUT2D eigenvalue weighted by atomic mass is 127. The zero-order valence-electron chi connectivity index (χ0n) is 6.42. The Morgan fingerprint density at radius 3 is 3.27 bits per heavy atom. The van der Waals surface area contributed by atoms with Crippen LogP contribution in [0, 0.1) is 0 Å². The molecule has 2 aliphatic heterocycles. The summed E-state index contributed by atoms with van der Waals surface area (Å²) < 4.78 is 0.686. The van der Waals surface area contributed by atoms with Crippen LogP contribution in [0.4, 0.5) is 0 Å². The van der Waals surface area contributed by atoms with Gasteiger partial charge in [0.25, 0.3) is 0 Å². The summed E-state index contributed by atoms with van der Waals surface area (Å²) in [5.74, 6) is 0. The topological polar surface area (TPSA) is 15.3 Å². The molecule has 0 bridgehead atoms. The first-order chi connectivity index (χ1) is 5.27. The van der Waals surface area contributed by atoms with Gasteiger partial charge in [-0.1, -0.05) is 28.7 Å². The lowest BCUT2D eigenvalue weighted by molar-refractivity contribution is 0.343. The van der Waals surface area contributed by atoms with Crippen molar-refractivity contribution in [3.05, 3.63) is 24.2 Å². The number of nitrogens with zero attached hydrogens (tertiary/aromatic N) is 1. The van der Waals surface area contributed by atoms with Gasteiger partial charge >= 0.3 is 0 Å². The maximum Gasteiger partial charge on any atom is 0.115 e. The summed E-state index contributed by atoms with van der Waals surface area (Å²) in [7, 11) is 0. The van der Waals surface area contributed by atoms with Crippen molar-refractivity contribution in [1.29, 1.82) is 0 Å². The summed E-state index contributed by atoms with van der Waals surface area (Å²) in [5.41, 5.74) is 1.27. The fourth-order valence-electron chi connectivity index (χ4n) is 1.50. The van der Waals surface area contributed by atoms with Crippen LogP contribution in [0.2, 0.25) is 0 Å². The molecule has 0 radical (unpaired) electrons. The van der Waals surface area contributed by atoms with E-state index in [1.165, 1.54) is 12.1 Å². The Balaban J connectivity index is 2.20. The van der Waals surface area contributed by atoms with Gasteiger partial charge in [-0.25, -0.2) is 0 Å². The van der Waals surface area contributed by atoms with Gasteiger partial charge in [0.15, 0.2) is 0 Å². The lowest BCUT2D eigenvalue weighted by Gasteiger charge is -2.29.